The number of hydrogen-bond acceptors (Lipinski definition) is 3. The quantitative estimate of drug-likeness (QED) is 0.496. The summed E-state index contributed by atoms with van der Waals surface area (Å²) in [5.74, 6) is 1.61. The van der Waals surface area contributed by atoms with Crippen LogP contribution in [0.3, 0.4) is 0 Å². The van der Waals surface area contributed by atoms with Gasteiger partial charge in [0.1, 0.15) is 17.6 Å². The summed E-state index contributed by atoms with van der Waals surface area (Å²) in [6, 6.07) is 14.7. The predicted molar refractivity (Wildman–Crippen MR) is 115 cm³/mol. The van der Waals surface area contributed by atoms with Gasteiger partial charge in [0.05, 0.1) is 18.3 Å². The van der Waals surface area contributed by atoms with E-state index in [9.17, 15) is 5.26 Å². The first kappa shape index (κ1) is 21.8. The van der Waals surface area contributed by atoms with Gasteiger partial charge in [-0.05, 0) is 61.6 Å². The van der Waals surface area contributed by atoms with Gasteiger partial charge in [0.2, 0.25) is 0 Å². The normalized spacial score (nSPS) is 12.3. The number of nitrogens with zero attached hydrogens (tertiary/aromatic N) is 1. The van der Waals surface area contributed by atoms with Crippen LogP contribution in [-0.2, 0) is 5.41 Å². The smallest absolute Gasteiger partial charge is 0.139 e. The van der Waals surface area contributed by atoms with Crippen LogP contribution >= 0.6 is 0 Å². The molecule has 28 heavy (non-hydrogen) atoms. The van der Waals surface area contributed by atoms with Crippen molar-refractivity contribution in [3.63, 3.8) is 0 Å². The lowest BCUT2D eigenvalue weighted by Gasteiger charge is -2.28. The van der Waals surface area contributed by atoms with E-state index in [1.165, 1.54) is 5.56 Å². The Labute approximate surface area is 170 Å². The van der Waals surface area contributed by atoms with Crippen LogP contribution in [0, 0.1) is 18.3 Å². The highest BCUT2D eigenvalue weighted by molar-refractivity contribution is 5.54. The molecule has 2 rings (SSSR count). The highest BCUT2D eigenvalue weighted by atomic mass is 16.5. The second-order valence-corrected chi connectivity index (χ2v) is 8.00. The van der Waals surface area contributed by atoms with Crippen molar-refractivity contribution in [1.29, 1.82) is 5.26 Å². The van der Waals surface area contributed by atoms with E-state index in [1.807, 2.05) is 25.1 Å². The van der Waals surface area contributed by atoms with E-state index in [1.54, 1.807) is 0 Å². The van der Waals surface area contributed by atoms with Crippen molar-refractivity contribution in [2.24, 2.45) is 0 Å². The third-order valence-corrected chi connectivity index (χ3v) is 5.18. The van der Waals surface area contributed by atoms with Gasteiger partial charge in [0.15, 0.2) is 0 Å². The van der Waals surface area contributed by atoms with Gasteiger partial charge in [-0.15, -0.1) is 0 Å². The molecule has 0 bridgehead atoms. The molecule has 2 aromatic carbocycles. The molecule has 0 N–H and O–H groups in total. The summed E-state index contributed by atoms with van der Waals surface area (Å²) in [6.07, 6.45) is 3.31. The minimum atomic E-state index is -0.229. The van der Waals surface area contributed by atoms with Crippen LogP contribution in [0.5, 0.6) is 11.5 Å². The van der Waals surface area contributed by atoms with Crippen LogP contribution < -0.4 is 9.47 Å². The molecule has 0 aliphatic rings. The fourth-order valence-corrected chi connectivity index (χ4v) is 3.43. The zero-order valence-electron chi connectivity index (χ0n) is 18.1. The molecule has 0 heterocycles. The first-order valence-corrected chi connectivity index (χ1v) is 10.3. The SMILES string of the molecule is CCCOc1c(C)cc(C(C)(C)c2ccc(OC(C)CCC)cc2)cc1C#N. The van der Waals surface area contributed by atoms with Crippen molar-refractivity contribution < 1.29 is 9.47 Å². The number of nitriles is 1. The molecule has 0 saturated carbocycles. The lowest BCUT2D eigenvalue weighted by atomic mass is 9.77. The number of ether oxygens (including phenoxy) is 2. The molecule has 0 aromatic heterocycles. The average molecular weight is 380 g/mol. The largest absolute Gasteiger partial charge is 0.492 e. The molecule has 0 aliphatic heterocycles. The Balaban J connectivity index is 2.31. The molecule has 3 heteroatoms. The number of hydrogen-bond donors (Lipinski definition) is 0. The number of aryl methyl sites for hydroxylation is 1. The molecule has 1 atom stereocenters. The Morgan fingerprint density at radius 2 is 1.71 bits per heavy atom. The van der Waals surface area contributed by atoms with E-state index in [0.29, 0.717) is 17.9 Å². The first-order valence-electron chi connectivity index (χ1n) is 10.3. The lowest BCUT2D eigenvalue weighted by Crippen LogP contribution is -2.20. The van der Waals surface area contributed by atoms with E-state index in [4.69, 9.17) is 9.47 Å². The number of benzene rings is 2. The molecular weight excluding hydrogens is 346 g/mol. The Bertz CT molecular complexity index is 816. The van der Waals surface area contributed by atoms with E-state index >= 15 is 0 Å². The molecule has 2 aromatic rings. The maximum absolute atomic E-state index is 9.62. The van der Waals surface area contributed by atoms with E-state index in [-0.39, 0.29) is 11.5 Å². The van der Waals surface area contributed by atoms with E-state index in [2.05, 4.69) is 58.9 Å². The van der Waals surface area contributed by atoms with Crippen LogP contribution in [0.4, 0.5) is 0 Å². The molecule has 0 aliphatic carbocycles. The highest BCUT2D eigenvalue weighted by Gasteiger charge is 2.25. The summed E-state index contributed by atoms with van der Waals surface area (Å²) in [5.41, 5.74) is 3.67. The summed E-state index contributed by atoms with van der Waals surface area (Å²) in [6.45, 7) is 13.3. The molecule has 1 unspecified atom stereocenters. The van der Waals surface area contributed by atoms with Gasteiger partial charge in [-0.25, -0.2) is 0 Å². The van der Waals surface area contributed by atoms with Gasteiger partial charge in [-0.3, -0.25) is 0 Å². The van der Waals surface area contributed by atoms with Gasteiger partial charge in [-0.1, -0.05) is 52.3 Å². The van der Waals surface area contributed by atoms with Crippen LogP contribution in [-0.4, -0.2) is 12.7 Å². The van der Waals surface area contributed by atoms with Crippen LogP contribution in [0.2, 0.25) is 0 Å². The third-order valence-electron chi connectivity index (χ3n) is 5.18. The minimum absolute atomic E-state index is 0.223. The molecule has 3 nitrogen and oxygen atoms in total. The molecular formula is C25H33NO2. The molecule has 0 saturated heterocycles. The maximum Gasteiger partial charge on any atom is 0.139 e. The van der Waals surface area contributed by atoms with Gasteiger partial charge in [-0.2, -0.15) is 5.26 Å². The minimum Gasteiger partial charge on any atom is -0.492 e. The Morgan fingerprint density at radius 3 is 2.29 bits per heavy atom. The van der Waals surface area contributed by atoms with Crippen molar-refractivity contribution in [3.05, 3.63) is 58.7 Å². The summed E-state index contributed by atoms with van der Waals surface area (Å²) < 4.78 is 11.8. The zero-order valence-corrected chi connectivity index (χ0v) is 18.1. The Kier molecular flexibility index (Phi) is 7.52. The molecule has 0 spiro atoms. The van der Waals surface area contributed by atoms with Crippen LogP contribution in [0.15, 0.2) is 36.4 Å². The van der Waals surface area contributed by atoms with Gasteiger partial charge in [0.25, 0.3) is 0 Å². The topological polar surface area (TPSA) is 42.2 Å². The van der Waals surface area contributed by atoms with Crippen LogP contribution in [0.1, 0.15) is 76.1 Å². The second kappa shape index (κ2) is 9.64. The molecule has 150 valence electrons. The van der Waals surface area contributed by atoms with Gasteiger partial charge >= 0.3 is 0 Å². The first-order chi connectivity index (χ1) is 13.3. The summed E-state index contributed by atoms with van der Waals surface area (Å²) in [5, 5.41) is 9.62. The van der Waals surface area contributed by atoms with Crippen molar-refractivity contribution in [3.8, 4) is 17.6 Å². The van der Waals surface area contributed by atoms with Crippen molar-refractivity contribution in [2.75, 3.05) is 6.61 Å². The molecule has 0 fully saturated rings. The number of rotatable bonds is 9. The summed E-state index contributed by atoms with van der Waals surface area (Å²) >= 11 is 0. The Morgan fingerprint density at radius 1 is 1.04 bits per heavy atom. The van der Waals surface area contributed by atoms with Gasteiger partial charge in [0, 0.05) is 5.41 Å². The lowest BCUT2D eigenvalue weighted by molar-refractivity contribution is 0.210. The summed E-state index contributed by atoms with van der Waals surface area (Å²) in [7, 11) is 0. The van der Waals surface area contributed by atoms with Gasteiger partial charge < -0.3 is 9.47 Å². The zero-order chi connectivity index (χ0) is 20.7. The third kappa shape index (κ3) is 5.07. The average Bonchev–Trinajstić information content (AvgIpc) is 2.67. The van der Waals surface area contributed by atoms with Crippen molar-refractivity contribution in [2.45, 2.75) is 72.3 Å². The van der Waals surface area contributed by atoms with Crippen molar-refractivity contribution >= 4 is 0 Å². The summed E-state index contributed by atoms with van der Waals surface area (Å²) in [4.78, 5) is 0. The monoisotopic (exact) mass is 379 g/mol. The Hall–Kier alpha value is -2.47. The van der Waals surface area contributed by atoms with E-state index in [0.717, 1.165) is 36.1 Å². The fourth-order valence-electron chi connectivity index (χ4n) is 3.43. The molecule has 0 radical (unpaired) electrons. The predicted octanol–water partition coefficient (Wildman–Crippen LogP) is 6.55. The van der Waals surface area contributed by atoms with Crippen LogP contribution in [0.25, 0.3) is 0 Å². The standard InChI is InChI=1S/C25H33NO2/c1-7-9-19(4)28-23-12-10-21(11-13-23)25(5,6)22-15-18(3)24(27-14-8-2)20(16-22)17-26/h10-13,15-16,19H,7-9,14H2,1-6H3. The van der Waals surface area contributed by atoms with Crippen molar-refractivity contribution in [1.82, 2.24) is 0 Å². The maximum atomic E-state index is 9.62. The highest BCUT2D eigenvalue weighted by Crippen LogP contribution is 2.36. The molecule has 0 amide bonds. The van der Waals surface area contributed by atoms with E-state index < -0.39 is 0 Å². The second-order valence-electron chi connectivity index (χ2n) is 8.00. The fraction of sp³-hybridized carbons (Fsp3) is 0.480.